The van der Waals surface area contributed by atoms with Crippen LogP contribution in [0.1, 0.15) is 66.2 Å². The van der Waals surface area contributed by atoms with Gasteiger partial charge in [0.1, 0.15) is 0 Å². The first-order chi connectivity index (χ1) is 12.8. The average Bonchev–Trinajstić information content (AvgIpc) is 2.61. The third kappa shape index (κ3) is 5.27. The van der Waals surface area contributed by atoms with E-state index >= 15 is 0 Å². The lowest BCUT2D eigenvalue weighted by Gasteiger charge is -2.46. The van der Waals surface area contributed by atoms with Crippen molar-refractivity contribution in [3.05, 3.63) is 30.3 Å². The topological polar surface area (TPSA) is 26.3 Å². The molecule has 1 aliphatic carbocycles. The van der Waals surface area contributed by atoms with Crippen LogP contribution < -0.4 is 5.19 Å². The van der Waals surface area contributed by atoms with Gasteiger partial charge in [-0.3, -0.25) is 4.79 Å². The molecule has 0 aromatic heterocycles. The molecule has 1 aromatic carbocycles. The van der Waals surface area contributed by atoms with E-state index < -0.39 is 8.32 Å². The second kappa shape index (κ2) is 8.83. The Morgan fingerprint density at radius 3 is 2.22 bits per heavy atom. The van der Waals surface area contributed by atoms with Crippen LogP contribution in [-0.4, -0.2) is 24.3 Å². The minimum Gasteiger partial charge on any atom is -0.408 e. The van der Waals surface area contributed by atoms with Crippen LogP contribution in [0, 0.1) is 11.8 Å². The zero-order valence-corrected chi connectivity index (χ0v) is 19.3. The summed E-state index contributed by atoms with van der Waals surface area (Å²) in [5.41, 5.74) is 0. The molecule has 0 N–H and O–H groups in total. The van der Waals surface area contributed by atoms with E-state index in [0.717, 1.165) is 0 Å². The van der Waals surface area contributed by atoms with Gasteiger partial charge in [-0.1, -0.05) is 95.5 Å². The van der Waals surface area contributed by atoms with Crippen LogP contribution in [0.25, 0.3) is 0 Å². The molecule has 1 aliphatic heterocycles. The monoisotopic (exact) mass is 404 g/mol. The molecule has 0 amide bonds. The minimum atomic E-state index is -1.89. The van der Waals surface area contributed by atoms with Crippen LogP contribution in [0.4, 0.5) is 0 Å². The normalized spacial score (nSPS) is 22.7. The van der Waals surface area contributed by atoms with E-state index in [-0.39, 0.29) is 16.8 Å². The predicted molar refractivity (Wildman–Crippen MR) is 119 cm³/mol. The Bertz CT molecular complexity index is 615. The van der Waals surface area contributed by atoms with Crippen LogP contribution in [-0.2, 0) is 9.22 Å². The van der Waals surface area contributed by atoms with Gasteiger partial charge in [-0.15, -0.1) is 0 Å². The molecular weight excluding hydrogens is 368 g/mol. The molecular formula is C23H36O2SSi. The van der Waals surface area contributed by atoms with Gasteiger partial charge in [-0.05, 0) is 36.0 Å². The fourth-order valence-electron chi connectivity index (χ4n) is 4.57. The first kappa shape index (κ1) is 21.1. The molecule has 1 aromatic rings. The second-order valence-corrected chi connectivity index (χ2v) is 15.1. The van der Waals surface area contributed by atoms with Crippen LogP contribution in [0.2, 0.25) is 12.1 Å². The Balaban J connectivity index is 1.82. The number of hydrogen-bond acceptors (Lipinski definition) is 3. The average molecular weight is 405 g/mol. The Hall–Kier alpha value is -0.583. The van der Waals surface area contributed by atoms with Crippen LogP contribution in [0.5, 0.6) is 0 Å². The molecule has 1 saturated heterocycles. The summed E-state index contributed by atoms with van der Waals surface area (Å²) in [6.45, 7) is 8.52. The molecule has 2 atom stereocenters. The highest BCUT2D eigenvalue weighted by Crippen LogP contribution is 2.41. The van der Waals surface area contributed by atoms with E-state index in [1.165, 1.54) is 67.6 Å². The highest BCUT2D eigenvalue weighted by Gasteiger charge is 2.48. The molecule has 2 aliphatic rings. The van der Waals surface area contributed by atoms with E-state index in [0.29, 0.717) is 11.0 Å². The van der Waals surface area contributed by atoms with E-state index in [9.17, 15) is 4.79 Å². The van der Waals surface area contributed by atoms with Crippen molar-refractivity contribution in [3.63, 3.8) is 0 Å². The molecule has 3 rings (SSSR count). The largest absolute Gasteiger partial charge is 0.408 e. The van der Waals surface area contributed by atoms with Crippen LogP contribution >= 0.6 is 11.8 Å². The third-order valence-corrected chi connectivity index (χ3v) is 11.8. The van der Waals surface area contributed by atoms with Crippen molar-refractivity contribution >= 4 is 30.4 Å². The van der Waals surface area contributed by atoms with Crippen molar-refractivity contribution in [2.75, 3.05) is 0 Å². The zero-order valence-electron chi connectivity index (χ0n) is 17.5. The maximum Gasteiger partial charge on any atom is 0.224 e. The van der Waals surface area contributed by atoms with Crippen LogP contribution in [0.3, 0.4) is 0 Å². The maximum atomic E-state index is 13.1. The summed E-state index contributed by atoms with van der Waals surface area (Å²) in [4.78, 5) is 13.1. The molecule has 0 unspecified atom stereocenters. The Kier molecular flexibility index (Phi) is 6.91. The van der Waals surface area contributed by atoms with Crippen molar-refractivity contribution in [2.24, 2.45) is 11.8 Å². The van der Waals surface area contributed by atoms with Crippen molar-refractivity contribution in [2.45, 2.75) is 89.2 Å². The van der Waals surface area contributed by atoms with E-state index in [4.69, 9.17) is 4.43 Å². The van der Waals surface area contributed by atoms with Gasteiger partial charge in [-0.25, -0.2) is 0 Å². The molecule has 4 heteroatoms. The van der Waals surface area contributed by atoms with E-state index in [1.807, 2.05) is 0 Å². The van der Waals surface area contributed by atoms with Crippen molar-refractivity contribution in [3.8, 4) is 0 Å². The highest BCUT2D eigenvalue weighted by atomic mass is 32.2. The summed E-state index contributed by atoms with van der Waals surface area (Å²) in [5.74, 6) is 0.526. The zero-order chi connectivity index (χ0) is 19.5. The quantitative estimate of drug-likeness (QED) is 0.552. The maximum absolute atomic E-state index is 13.1. The predicted octanol–water partition coefficient (Wildman–Crippen LogP) is 5.90. The number of benzene rings is 1. The fraction of sp³-hybridized carbons (Fsp3) is 0.696. The van der Waals surface area contributed by atoms with Crippen molar-refractivity contribution in [1.82, 2.24) is 0 Å². The smallest absolute Gasteiger partial charge is 0.224 e. The minimum absolute atomic E-state index is 0.0222. The Morgan fingerprint density at radius 1 is 1.07 bits per heavy atom. The molecule has 2 fully saturated rings. The van der Waals surface area contributed by atoms with Crippen molar-refractivity contribution in [1.29, 1.82) is 0 Å². The van der Waals surface area contributed by atoms with Crippen LogP contribution in [0.15, 0.2) is 30.3 Å². The van der Waals surface area contributed by atoms with Gasteiger partial charge in [0.25, 0.3) is 0 Å². The van der Waals surface area contributed by atoms with Gasteiger partial charge in [-0.2, -0.15) is 0 Å². The molecule has 1 heterocycles. The molecule has 27 heavy (non-hydrogen) atoms. The van der Waals surface area contributed by atoms with Gasteiger partial charge in [0, 0.05) is 4.75 Å². The fourth-order valence-corrected chi connectivity index (χ4v) is 9.16. The first-order valence-electron chi connectivity index (χ1n) is 10.8. The number of thioether (sulfide) groups is 1. The summed E-state index contributed by atoms with van der Waals surface area (Å²) in [7, 11) is -1.89. The Labute approximate surface area is 171 Å². The van der Waals surface area contributed by atoms with Gasteiger partial charge < -0.3 is 4.43 Å². The number of hydrogen-bond donors (Lipinski definition) is 0. The Morgan fingerprint density at radius 2 is 1.70 bits per heavy atom. The summed E-state index contributed by atoms with van der Waals surface area (Å²) in [6, 6.07) is 13.3. The van der Waals surface area contributed by atoms with Crippen molar-refractivity contribution < 1.29 is 9.22 Å². The molecule has 0 bridgehead atoms. The first-order valence-corrected chi connectivity index (χ1v) is 13.9. The second-order valence-electron chi connectivity index (χ2n) is 9.52. The molecule has 2 nitrogen and oxygen atoms in total. The van der Waals surface area contributed by atoms with Gasteiger partial charge in [0.05, 0.1) is 12.0 Å². The summed E-state index contributed by atoms with van der Waals surface area (Å²) >= 11 is 1.50. The molecule has 1 saturated carbocycles. The number of carbonyl (C=O) groups excluding carboxylic acids is 1. The highest BCUT2D eigenvalue weighted by molar-refractivity contribution is 8.14. The van der Waals surface area contributed by atoms with Gasteiger partial charge in [0.15, 0.2) is 5.12 Å². The number of carbonyl (C=O) groups is 1. The standard InChI is InChI=1S/C23H36O2SSi/c1-18(22(24)26-23(2,3)4)21(19-12-7-5-8-13-19)25-27(16-11-17-27)20-14-9-6-10-15-20/h6,9-10,14-15,18-19,21H,5,7-8,11-13,16-17H2,1-4H3/t18-,21-/m1/s1. The van der Waals surface area contributed by atoms with Gasteiger partial charge >= 0.3 is 0 Å². The van der Waals surface area contributed by atoms with E-state index in [1.54, 1.807) is 0 Å². The molecule has 0 spiro atoms. The van der Waals surface area contributed by atoms with Gasteiger partial charge in [0.2, 0.25) is 8.32 Å². The lowest BCUT2D eigenvalue weighted by Crippen LogP contribution is -2.59. The number of rotatable bonds is 6. The summed E-state index contributed by atoms with van der Waals surface area (Å²) in [6.07, 6.45) is 7.74. The lowest BCUT2D eigenvalue weighted by atomic mass is 9.81. The molecule has 0 radical (unpaired) electrons. The SMILES string of the molecule is C[C@@H](C(=O)SC(C)(C)C)[C@@H](O[Si]1(c2ccccc2)CCC1)C1CCCCC1. The lowest BCUT2D eigenvalue weighted by molar-refractivity contribution is -0.118. The molecule has 150 valence electrons. The summed E-state index contributed by atoms with van der Waals surface area (Å²) in [5, 5.41) is 1.75. The third-order valence-electron chi connectivity index (χ3n) is 6.21. The van der Waals surface area contributed by atoms with E-state index in [2.05, 4.69) is 58.0 Å². The summed E-state index contributed by atoms with van der Waals surface area (Å²) < 4.78 is 7.07.